The smallest absolute Gasteiger partial charge is 0.0604 e. The molecule has 0 saturated heterocycles. The van der Waals surface area contributed by atoms with Crippen LogP contribution in [0.1, 0.15) is 56.3 Å². The molecule has 1 aromatic heterocycles. The molecule has 2 rings (SSSR count). The van der Waals surface area contributed by atoms with E-state index in [1.165, 1.54) is 43.4 Å². The number of rotatable bonds is 4. The van der Waals surface area contributed by atoms with E-state index >= 15 is 0 Å². The second-order valence-electron chi connectivity index (χ2n) is 5.66. The van der Waals surface area contributed by atoms with Crippen molar-refractivity contribution in [3.05, 3.63) is 29.6 Å². The third kappa shape index (κ3) is 2.92. The molecule has 1 N–H and O–H groups in total. The average molecular weight is 246 g/mol. The highest BCUT2D eigenvalue weighted by atomic mass is 14.9. The van der Waals surface area contributed by atoms with Crippen LogP contribution in [0.5, 0.6) is 0 Å². The quantitative estimate of drug-likeness (QED) is 0.872. The zero-order valence-corrected chi connectivity index (χ0v) is 11.9. The van der Waals surface area contributed by atoms with E-state index < -0.39 is 0 Å². The van der Waals surface area contributed by atoms with Crippen molar-refractivity contribution in [2.45, 2.75) is 52.0 Å². The van der Waals surface area contributed by atoms with Crippen LogP contribution in [-0.4, -0.2) is 12.0 Å². The number of aryl methyl sites for hydroxylation is 1. The Morgan fingerprint density at radius 3 is 2.61 bits per heavy atom. The summed E-state index contributed by atoms with van der Waals surface area (Å²) in [6.07, 6.45) is 8.75. The highest BCUT2D eigenvalue weighted by Gasteiger charge is 2.28. The van der Waals surface area contributed by atoms with Crippen LogP contribution in [0.3, 0.4) is 0 Å². The van der Waals surface area contributed by atoms with Crippen molar-refractivity contribution in [1.82, 2.24) is 10.3 Å². The van der Waals surface area contributed by atoms with Gasteiger partial charge in [-0.05, 0) is 50.3 Å². The zero-order chi connectivity index (χ0) is 13.0. The third-order valence-corrected chi connectivity index (χ3v) is 4.60. The van der Waals surface area contributed by atoms with Crippen molar-refractivity contribution in [3.8, 4) is 0 Å². The predicted molar refractivity (Wildman–Crippen MR) is 76.5 cm³/mol. The lowest BCUT2D eigenvalue weighted by atomic mass is 9.76. The van der Waals surface area contributed by atoms with Gasteiger partial charge in [-0.2, -0.15) is 0 Å². The standard InChI is InChI=1S/C16H26N2/c1-4-13-7-9-14(10-8-13)16(17-3)15-12(2)6-5-11-18-15/h5-6,11,13-14,16-17H,4,7-10H2,1-3H3. The molecule has 2 nitrogen and oxygen atoms in total. The minimum atomic E-state index is 0.434. The van der Waals surface area contributed by atoms with Gasteiger partial charge >= 0.3 is 0 Å². The summed E-state index contributed by atoms with van der Waals surface area (Å²) < 4.78 is 0. The van der Waals surface area contributed by atoms with Crippen LogP contribution >= 0.6 is 0 Å². The van der Waals surface area contributed by atoms with Crippen molar-refractivity contribution >= 4 is 0 Å². The first kappa shape index (κ1) is 13.5. The van der Waals surface area contributed by atoms with Gasteiger partial charge in [-0.3, -0.25) is 4.98 Å². The van der Waals surface area contributed by atoms with E-state index in [2.05, 4.69) is 37.3 Å². The van der Waals surface area contributed by atoms with Gasteiger partial charge in [0.1, 0.15) is 0 Å². The molecule has 0 aliphatic heterocycles. The summed E-state index contributed by atoms with van der Waals surface area (Å²) in [4.78, 5) is 4.60. The van der Waals surface area contributed by atoms with E-state index in [9.17, 15) is 0 Å². The van der Waals surface area contributed by atoms with Gasteiger partial charge in [-0.15, -0.1) is 0 Å². The molecule has 1 saturated carbocycles. The molecule has 18 heavy (non-hydrogen) atoms. The van der Waals surface area contributed by atoms with E-state index in [0.717, 1.165) is 11.8 Å². The molecule has 1 unspecified atom stereocenters. The van der Waals surface area contributed by atoms with Gasteiger partial charge in [0.2, 0.25) is 0 Å². The summed E-state index contributed by atoms with van der Waals surface area (Å²) in [7, 11) is 2.07. The first-order valence-electron chi connectivity index (χ1n) is 7.35. The summed E-state index contributed by atoms with van der Waals surface area (Å²) in [6.45, 7) is 4.49. The number of pyridine rings is 1. The second kappa shape index (κ2) is 6.33. The monoisotopic (exact) mass is 246 g/mol. The highest BCUT2D eigenvalue weighted by Crippen LogP contribution is 2.37. The average Bonchev–Trinajstić information content (AvgIpc) is 2.42. The maximum atomic E-state index is 4.60. The van der Waals surface area contributed by atoms with Crippen LogP contribution in [0.2, 0.25) is 0 Å². The van der Waals surface area contributed by atoms with Gasteiger partial charge in [-0.25, -0.2) is 0 Å². The van der Waals surface area contributed by atoms with Gasteiger partial charge in [0.15, 0.2) is 0 Å². The fraction of sp³-hybridized carbons (Fsp3) is 0.688. The molecular formula is C16H26N2. The third-order valence-electron chi connectivity index (χ3n) is 4.60. The minimum Gasteiger partial charge on any atom is -0.311 e. The molecular weight excluding hydrogens is 220 g/mol. The minimum absolute atomic E-state index is 0.434. The summed E-state index contributed by atoms with van der Waals surface area (Å²) in [5.41, 5.74) is 2.56. The Kier molecular flexibility index (Phi) is 4.76. The normalized spacial score (nSPS) is 25.9. The van der Waals surface area contributed by atoms with Gasteiger partial charge in [0.25, 0.3) is 0 Å². The summed E-state index contributed by atoms with van der Waals surface area (Å²) >= 11 is 0. The lowest BCUT2D eigenvalue weighted by Gasteiger charge is -2.33. The molecule has 2 heteroatoms. The maximum Gasteiger partial charge on any atom is 0.0604 e. The van der Waals surface area contributed by atoms with Gasteiger partial charge in [0.05, 0.1) is 11.7 Å². The number of nitrogens with zero attached hydrogens (tertiary/aromatic N) is 1. The molecule has 0 spiro atoms. The molecule has 1 fully saturated rings. The van der Waals surface area contributed by atoms with Crippen LogP contribution in [0.4, 0.5) is 0 Å². The molecule has 0 amide bonds. The largest absolute Gasteiger partial charge is 0.311 e. The fourth-order valence-electron chi connectivity index (χ4n) is 3.35. The van der Waals surface area contributed by atoms with Crippen LogP contribution in [0.15, 0.2) is 18.3 Å². The lowest BCUT2D eigenvalue weighted by molar-refractivity contribution is 0.221. The number of aromatic nitrogens is 1. The number of hydrogen-bond donors (Lipinski definition) is 1. The molecule has 0 aromatic carbocycles. The van der Waals surface area contributed by atoms with Crippen molar-refractivity contribution in [2.75, 3.05) is 7.05 Å². The lowest BCUT2D eigenvalue weighted by Crippen LogP contribution is -2.30. The molecule has 1 aliphatic carbocycles. The summed E-state index contributed by atoms with van der Waals surface area (Å²) in [5.74, 6) is 1.72. The Morgan fingerprint density at radius 2 is 2.06 bits per heavy atom. The van der Waals surface area contributed by atoms with Crippen LogP contribution in [0, 0.1) is 18.8 Å². The zero-order valence-electron chi connectivity index (χ0n) is 11.9. The Balaban J connectivity index is 2.08. The molecule has 100 valence electrons. The summed E-state index contributed by atoms with van der Waals surface area (Å²) in [6, 6.07) is 4.63. The number of nitrogens with one attached hydrogen (secondary N) is 1. The first-order chi connectivity index (χ1) is 8.76. The van der Waals surface area contributed by atoms with E-state index in [1.807, 2.05) is 12.3 Å². The predicted octanol–water partition coefficient (Wildman–Crippen LogP) is 3.87. The maximum absolute atomic E-state index is 4.60. The SMILES string of the molecule is CCC1CCC(C(NC)c2ncccc2C)CC1. The van der Waals surface area contributed by atoms with E-state index in [0.29, 0.717) is 6.04 Å². The molecule has 1 aromatic rings. The Hall–Kier alpha value is -0.890. The Bertz CT molecular complexity index is 367. The molecule has 0 bridgehead atoms. The van der Waals surface area contributed by atoms with Gasteiger partial charge < -0.3 is 5.32 Å². The van der Waals surface area contributed by atoms with E-state index in [-0.39, 0.29) is 0 Å². The second-order valence-corrected chi connectivity index (χ2v) is 5.66. The number of hydrogen-bond acceptors (Lipinski definition) is 2. The fourth-order valence-corrected chi connectivity index (χ4v) is 3.35. The molecule has 1 atom stereocenters. The van der Waals surface area contributed by atoms with Crippen LogP contribution < -0.4 is 5.32 Å². The highest BCUT2D eigenvalue weighted by molar-refractivity contribution is 5.21. The van der Waals surface area contributed by atoms with Crippen LogP contribution in [0.25, 0.3) is 0 Å². The van der Waals surface area contributed by atoms with Crippen molar-refractivity contribution in [3.63, 3.8) is 0 Å². The topological polar surface area (TPSA) is 24.9 Å². The van der Waals surface area contributed by atoms with Crippen molar-refractivity contribution in [1.29, 1.82) is 0 Å². The Labute approximate surface area is 111 Å². The Morgan fingerprint density at radius 1 is 1.33 bits per heavy atom. The van der Waals surface area contributed by atoms with Crippen molar-refractivity contribution in [2.24, 2.45) is 11.8 Å². The van der Waals surface area contributed by atoms with Gasteiger partial charge in [-0.1, -0.05) is 32.3 Å². The van der Waals surface area contributed by atoms with Crippen molar-refractivity contribution < 1.29 is 0 Å². The molecule has 0 radical (unpaired) electrons. The van der Waals surface area contributed by atoms with Gasteiger partial charge in [0, 0.05) is 6.20 Å². The van der Waals surface area contributed by atoms with E-state index in [1.54, 1.807) is 0 Å². The molecule has 1 aliphatic rings. The first-order valence-corrected chi connectivity index (χ1v) is 7.35. The van der Waals surface area contributed by atoms with E-state index in [4.69, 9.17) is 0 Å². The summed E-state index contributed by atoms with van der Waals surface area (Å²) in [5, 5.41) is 3.50. The van der Waals surface area contributed by atoms with Crippen LogP contribution in [-0.2, 0) is 0 Å². The molecule has 1 heterocycles.